The number of carboxylic acids is 1. The number of para-hydroxylation sites is 1. The van der Waals surface area contributed by atoms with Gasteiger partial charge in [-0.15, -0.1) is 0 Å². The minimum Gasteiger partial charge on any atom is -0.481 e. The van der Waals surface area contributed by atoms with Crippen LogP contribution in [-0.4, -0.2) is 47.7 Å². The number of benzene rings is 1. The highest BCUT2D eigenvalue weighted by molar-refractivity contribution is 5.94. The van der Waals surface area contributed by atoms with Gasteiger partial charge in [-0.3, -0.25) is 19.7 Å². The summed E-state index contributed by atoms with van der Waals surface area (Å²) in [6.45, 7) is -1.40. The number of ketones is 1. The summed E-state index contributed by atoms with van der Waals surface area (Å²) >= 11 is 0. The van der Waals surface area contributed by atoms with E-state index in [1.165, 1.54) is 0 Å². The molecule has 1 aromatic carbocycles. The topological polar surface area (TPSA) is 122 Å². The van der Waals surface area contributed by atoms with Gasteiger partial charge in [0.25, 0.3) is 5.91 Å². The van der Waals surface area contributed by atoms with Crippen LogP contribution in [0.5, 0.6) is 0 Å². The van der Waals surface area contributed by atoms with Crippen molar-refractivity contribution in [3.63, 3.8) is 0 Å². The molecule has 0 aromatic heterocycles. The molecule has 0 saturated heterocycles. The fourth-order valence-corrected chi connectivity index (χ4v) is 3.35. The monoisotopic (exact) mass is 408 g/mol. The summed E-state index contributed by atoms with van der Waals surface area (Å²) in [7, 11) is 0. The summed E-state index contributed by atoms with van der Waals surface area (Å²) in [6.07, 6.45) is 1.23. The number of carboxylic acid groups (broad SMARTS) is 1. The standard InChI is InChI=1S/C20H25FN2O6/c21-12-16(24)15(11-17(25)26)23-19(27)18(13-7-3-1-4-8-13)29-20(28)22-14-9-5-2-6-10-14/h2,5-6,9-10,13,15,18H,1,3-4,7-8,11-12H2,(H,22,28)(H,23,27)(H,25,26). The molecule has 1 saturated carbocycles. The molecule has 0 radical (unpaired) electrons. The highest BCUT2D eigenvalue weighted by atomic mass is 19.1. The van der Waals surface area contributed by atoms with Gasteiger partial charge in [0.05, 0.1) is 6.42 Å². The van der Waals surface area contributed by atoms with Crippen molar-refractivity contribution in [1.82, 2.24) is 5.32 Å². The summed E-state index contributed by atoms with van der Waals surface area (Å²) in [5.41, 5.74) is 0.483. The van der Waals surface area contributed by atoms with Gasteiger partial charge in [-0.05, 0) is 25.0 Å². The molecule has 29 heavy (non-hydrogen) atoms. The average Bonchev–Trinajstić information content (AvgIpc) is 2.72. The van der Waals surface area contributed by atoms with Crippen LogP contribution in [0.2, 0.25) is 0 Å². The lowest BCUT2D eigenvalue weighted by atomic mass is 9.84. The second kappa shape index (κ2) is 11.1. The van der Waals surface area contributed by atoms with E-state index in [4.69, 9.17) is 9.84 Å². The van der Waals surface area contributed by atoms with E-state index in [2.05, 4.69) is 10.6 Å². The van der Waals surface area contributed by atoms with Crippen LogP contribution in [0.3, 0.4) is 0 Å². The number of alkyl halides is 1. The van der Waals surface area contributed by atoms with Crippen molar-refractivity contribution in [3.05, 3.63) is 30.3 Å². The zero-order valence-corrected chi connectivity index (χ0v) is 15.9. The fraction of sp³-hybridized carbons (Fsp3) is 0.500. The molecule has 2 unspecified atom stereocenters. The zero-order valence-electron chi connectivity index (χ0n) is 15.9. The highest BCUT2D eigenvalue weighted by Gasteiger charge is 2.35. The second-order valence-corrected chi connectivity index (χ2v) is 6.97. The van der Waals surface area contributed by atoms with Crippen molar-refractivity contribution in [1.29, 1.82) is 0 Å². The molecule has 3 N–H and O–H groups in total. The van der Waals surface area contributed by atoms with Crippen molar-refractivity contribution < 1.29 is 33.4 Å². The molecule has 2 rings (SSSR count). The van der Waals surface area contributed by atoms with E-state index < -0.39 is 49.0 Å². The number of halogens is 1. The predicted octanol–water partition coefficient (Wildman–Crippen LogP) is 2.68. The van der Waals surface area contributed by atoms with Gasteiger partial charge in [-0.1, -0.05) is 37.5 Å². The smallest absolute Gasteiger partial charge is 0.412 e. The van der Waals surface area contributed by atoms with Crippen LogP contribution in [0.1, 0.15) is 38.5 Å². The molecule has 1 aliphatic rings. The Labute approximate surface area is 167 Å². The van der Waals surface area contributed by atoms with Gasteiger partial charge in [0.2, 0.25) is 0 Å². The Balaban J connectivity index is 2.11. The van der Waals surface area contributed by atoms with Crippen molar-refractivity contribution in [2.75, 3.05) is 12.0 Å². The van der Waals surface area contributed by atoms with Gasteiger partial charge in [-0.25, -0.2) is 9.18 Å². The molecule has 1 fully saturated rings. The fourth-order valence-electron chi connectivity index (χ4n) is 3.35. The average molecular weight is 408 g/mol. The molecule has 1 aromatic rings. The van der Waals surface area contributed by atoms with E-state index in [0.717, 1.165) is 19.3 Å². The number of amides is 2. The number of Topliss-reactive ketones (excluding diaryl/α,β-unsaturated/α-hetero) is 1. The molecule has 8 nitrogen and oxygen atoms in total. The Morgan fingerprint density at radius 1 is 1.10 bits per heavy atom. The van der Waals surface area contributed by atoms with E-state index in [9.17, 15) is 23.6 Å². The van der Waals surface area contributed by atoms with Crippen LogP contribution in [0, 0.1) is 5.92 Å². The Bertz CT molecular complexity index is 721. The maximum atomic E-state index is 12.8. The summed E-state index contributed by atoms with van der Waals surface area (Å²) in [4.78, 5) is 47.7. The van der Waals surface area contributed by atoms with Crippen LogP contribution >= 0.6 is 0 Å². The first-order valence-electron chi connectivity index (χ1n) is 9.54. The van der Waals surface area contributed by atoms with Gasteiger partial charge in [0.1, 0.15) is 12.7 Å². The van der Waals surface area contributed by atoms with Crippen LogP contribution in [0.25, 0.3) is 0 Å². The molecule has 1 aliphatic carbocycles. The number of hydrogen-bond acceptors (Lipinski definition) is 5. The molecule has 0 heterocycles. The van der Waals surface area contributed by atoms with Crippen LogP contribution in [0.15, 0.2) is 30.3 Å². The summed E-state index contributed by atoms with van der Waals surface area (Å²) in [5, 5.41) is 13.7. The van der Waals surface area contributed by atoms with E-state index in [-0.39, 0.29) is 5.92 Å². The largest absolute Gasteiger partial charge is 0.481 e. The Kier molecular flexibility index (Phi) is 8.57. The molecular weight excluding hydrogens is 383 g/mol. The summed E-state index contributed by atoms with van der Waals surface area (Å²) in [5.74, 6) is -3.46. The lowest BCUT2D eigenvalue weighted by molar-refractivity contribution is -0.141. The molecule has 0 bridgehead atoms. The number of carbonyl (C=O) groups excluding carboxylic acids is 3. The third-order valence-electron chi connectivity index (χ3n) is 4.81. The van der Waals surface area contributed by atoms with Gasteiger partial charge in [0, 0.05) is 11.6 Å². The first-order chi connectivity index (χ1) is 13.9. The first-order valence-corrected chi connectivity index (χ1v) is 9.54. The van der Waals surface area contributed by atoms with E-state index in [0.29, 0.717) is 18.5 Å². The molecule has 9 heteroatoms. The lowest BCUT2D eigenvalue weighted by Gasteiger charge is -2.30. The van der Waals surface area contributed by atoms with Crippen LogP contribution in [0.4, 0.5) is 14.9 Å². The highest BCUT2D eigenvalue weighted by Crippen LogP contribution is 2.28. The SMILES string of the molecule is O=C(O)CC(NC(=O)C(OC(=O)Nc1ccccc1)C1CCCCC1)C(=O)CF. The van der Waals surface area contributed by atoms with Gasteiger partial charge in [-0.2, -0.15) is 0 Å². The van der Waals surface area contributed by atoms with Crippen molar-refractivity contribution in [2.45, 2.75) is 50.7 Å². The maximum absolute atomic E-state index is 12.8. The van der Waals surface area contributed by atoms with Crippen LogP contribution in [-0.2, 0) is 19.1 Å². The zero-order chi connectivity index (χ0) is 21.2. The number of ether oxygens (including phenoxy) is 1. The third-order valence-corrected chi connectivity index (χ3v) is 4.81. The second-order valence-electron chi connectivity index (χ2n) is 6.97. The van der Waals surface area contributed by atoms with Gasteiger partial charge < -0.3 is 15.2 Å². The number of anilines is 1. The quantitative estimate of drug-likeness (QED) is 0.578. The Hall–Kier alpha value is -2.97. The van der Waals surface area contributed by atoms with Gasteiger partial charge >= 0.3 is 12.1 Å². The molecule has 2 atom stereocenters. The normalized spacial score (nSPS) is 16.3. The number of carbonyl (C=O) groups is 4. The minimum absolute atomic E-state index is 0.267. The maximum Gasteiger partial charge on any atom is 0.412 e. The summed E-state index contributed by atoms with van der Waals surface area (Å²) in [6, 6.07) is 7.01. The van der Waals surface area contributed by atoms with Crippen molar-refractivity contribution >= 4 is 29.4 Å². The molecule has 0 spiro atoms. The minimum atomic E-state index is -1.52. The van der Waals surface area contributed by atoms with E-state index >= 15 is 0 Å². The van der Waals surface area contributed by atoms with E-state index in [1.54, 1.807) is 30.3 Å². The number of aliphatic carboxylic acids is 1. The van der Waals surface area contributed by atoms with Crippen molar-refractivity contribution in [3.8, 4) is 0 Å². The van der Waals surface area contributed by atoms with Gasteiger partial charge in [0.15, 0.2) is 11.9 Å². The Morgan fingerprint density at radius 2 is 1.76 bits per heavy atom. The van der Waals surface area contributed by atoms with Crippen molar-refractivity contribution in [2.24, 2.45) is 5.92 Å². The first kappa shape index (κ1) is 22.3. The molecular formula is C20H25FN2O6. The Morgan fingerprint density at radius 3 is 2.34 bits per heavy atom. The van der Waals surface area contributed by atoms with E-state index in [1.807, 2.05) is 0 Å². The molecule has 0 aliphatic heterocycles. The number of nitrogens with one attached hydrogen (secondary N) is 2. The third kappa shape index (κ3) is 7.17. The number of rotatable bonds is 9. The predicted molar refractivity (Wildman–Crippen MR) is 102 cm³/mol. The molecule has 2 amide bonds. The molecule has 158 valence electrons. The number of hydrogen-bond donors (Lipinski definition) is 3. The summed E-state index contributed by atoms with van der Waals surface area (Å²) < 4.78 is 18.1. The van der Waals surface area contributed by atoms with Crippen LogP contribution < -0.4 is 10.6 Å². The lowest BCUT2D eigenvalue weighted by Crippen LogP contribution is -2.50.